The first-order chi connectivity index (χ1) is 15.7. The number of rotatable bonds is 9. The summed E-state index contributed by atoms with van der Waals surface area (Å²) in [6.07, 6.45) is -0.212. The van der Waals surface area contributed by atoms with Crippen LogP contribution in [0.2, 0.25) is 0 Å². The number of anilines is 2. The Hall–Kier alpha value is -3.79. The second-order valence-corrected chi connectivity index (χ2v) is 8.64. The molecule has 0 radical (unpaired) electrons. The first-order valence-corrected chi connectivity index (χ1v) is 11.2. The third-order valence-electron chi connectivity index (χ3n) is 4.60. The molecule has 0 aromatic heterocycles. The summed E-state index contributed by atoms with van der Waals surface area (Å²) >= 11 is 0. The topological polar surface area (TPSA) is 102 Å². The maximum absolute atomic E-state index is 13.1. The molecular formula is C23H20F2N2O5S. The molecule has 0 unspecified atom stereocenters. The molecule has 0 aliphatic heterocycles. The van der Waals surface area contributed by atoms with Gasteiger partial charge in [0.15, 0.2) is 5.78 Å². The third-order valence-corrected chi connectivity index (χ3v) is 5.98. The van der Waals surface area contributed by atoms with Crippen LogP contribution in [0.1, 0.15) is 23.2 Å². The smallest absolute Gasteiger partial charge is 0.262 e. The van der Waals surface area contributed by atoms with E-state index < -0.39 is 27.6 Å². The molecule has 172 valence electrons. The van der Waals surface area contributed by atoms with E-state index in [9.17, 15) is 26.8 Å². The summed E-state index contributed by atoms with van der Waals surface area (Å²) in [6, 6.07) is 13.6. The number of ether oxygens (including phenoxy) is 1. The van der Waals surface area contributed by atoms with Gasteiger partial charge >= 0.3 is 0 Å². The van der Waals surface area contributed by atoms with Gasteiger partial charge in [0.1, 0.15) is 17.4 Å². The average molecular weight is 474 g/mol. The van der Waals surface area contributed by atoms with Crippen LogP contribution in [0, 0.1) is 11.6 Å². The van der Waals surface area contributed by atoms with Gasteiger partial charge < -0.3 is 10.1 Å². The molecule has 1 amide bonds. The van der Waals surface area contributed by atoms with Crippen molar-refractivity contribution in [3.63, 3.8) is 0 Å². The first kappa shape index (κ1) is 23.9. The predicted octanol–water partition coefficient (Wildman–Crippen LogP) is 4.38. The molecule has 0 spiro atoms. The molecule has 3 aromatic carbocycles. The van der Waals surface area contributed by atoms with Gasteiger partial charge in [-0.15, -0.1) is 0 Å². The fraction of sp³-hybridized carbons (Fsp3) is 0.130. The number of ketones is 1. The number of methoxy groups -OCH3 is 1. The predicted molar refractivity (Wildman–Crippen MR) is 119 cm³/mol. The SMILES string of the molecule is COc1ccc(NC(=O)CCC(=O)c2ccc(F)cc2)cc1NS(=O)(=O)c1ccc(F)cc1. The van der Waals surface area contributed by atoms with Gasteiger partial charge in [0.05, 0.1) is 17.7 Å². The zero-order valence-electron chi connectivity index (χ0n) is 17.5. The van der Waals surface area contributed by atoms with E-state index in [2.05, 4.69) is 10.0 Å². The van der Waals surface area contributed by atoms with Gasteiger partial charge in [-0.3, -0.25) is 14.3 Å². The quantitative estimate of drug-likeness (QED) is 0.449. The van der Waals surface area contributed by atoms with Crippen LogP contribution in [0.15, 0.2) is 71.6 Å². The standard InChI is InChI=1S/C23H20F2N2O5S/c1-32-22-12-8-18(14-20(22)27-33(30,31)19-9-6-17(25)7-10-19)26-23(29)13-11-21(28)15-2-4-16(24)5-3-15/h2-10,12,14,27H,11,13H2,1H3,(H,26,29). The Morgan fingerprint density at radius 2 is 1.48 bits per heavy atom. The lowest BCUT2D eigenvalue weighted by atomic mass is 10.1. The van der Waals surface area contributed by atoms with Crippen molar-refractivity contribution in [1.29, 1.82) is 0 Å². The van der Waals surface area contributed by atoms with E-state index in [0.717, 1.165) is 24.3 Å². The summed E-state index contributed by atoms with van der Waals surface area (Å²) in [6.45, 7) is 0. The Morgan fingerprint density at radius 1 is 0.879 bits per heavy atom. The zero-order chi connectivity index (χ0) is 24.0. The number of carbonyl (C=O) groups is 2. The van der Waals surface area contributed by atoms with Gasteiger partial charge in [0.2, 0.25) is 5.91 Å². The van der Waals surface area contributed by atoms with Crippen molar-refractivity contribution in [2.24, 2.45) is 0 Å². The Morgan fingerprint density at radius 3 is 2.09 bits per heavy atom. The minimum atomic E-state index is -4.04. The second-order valence-electron chi connectivity index (χ2n) is 6.95. The van der Waals surface area contributed by atoms with Crippen molar-refractivity contribution in [1.82, 2.24) is 0 Å². The van der Waals surface area contributed by atoms with Crippen LogP contribution in [0.5, 0.6) is 5.75 Å². The first-order valence-electron chi connectivity index (χ1n) is 9.73. The average Bonchev–Trinajstić information content (AvgIpc) is 2.78. The van der Waals surface area contributed by atoms with Gasteiger partial charge in [-0.05, 0) is 66.7 Å². The molecule has 0 fully saturated rings. The number of amides is 1. The van der Waals surface area contributed by atoms with E-state index in [1.807, 2.05) is 0 Å². The summed E-state index contributed by atoms with van der Waals surface area (Å²) < 4.78 is 58.8. The van der Waals surface area contributed by atoms with E-state index in [0.29, 0.717) is 5.56 Å². The van der Waals surface area contributed by atoms with E-state index in [-0.39, 0.29) is 40.6 Å². The van der Waals surface area contributed by atoms with E-state index in [1.165, 1.54) is 49.6 Å². The van der Waals surface area contributed by atoms with Crippen molar-refractivity contribution >= 4 is 33.1 Å². The van der Waals surface area contributed by atoms with Crippen LogP contribution in [0.25, 0.3) is 0 Å². The number of hydrogen-bond donors (Lipinski definition) is 2. The summed E-state index contributed by atoms with van der Waals surface area (Å²) in [5, 5.41) is 2.59. The molecule has 3 rings (SSSR count). The van der Waals surface area contributed by atoms with Crippen LogP contribution < -0.4 is 14.8 Å². The van der Waals surface area contributed by atoms with Crippen molar-refractivity contribution in [3.05, 3.63) is 83.9 Å². The van der Waals surface area contributed by atoms with E-state index in [4.69, 9.17) is 4.74 Å². The third kappa shape index (κ3) is 6.36. The number of Topliss-reactive ketones (excluding diaryl/α,β-unsaturated/α-hetero) is 1. The van der Waals surface area contributed by atoms with Crippen molar-refractivity contribution in [2.75, 3.05) is 17.1 Å². The lowest BCUT2D eigenvalue weighted by Crippen LogP contribution is -2.16. The Balaban J connectivity index is 1.68. The number of benzene rings is 3. The van der Waals surface area contributed by atoms with Gasteiger partial charge in [-0.1, -0.05) is 0 Å². The van der Waals surface area contributed by atoms with Crippen LogP contribution >= 0.6 is 0 Å². The number of nitrogens with one attached hydrogen (secondary N) is 2. The minimum absolute atomic E-state index is 0.0574. The summed E-state index contributed by atoms with van der Waals surface area (Å²) in [7, 11) is -2.69. The number of halogens is 2. The fourth-order valence-electron chi connectivity index (χ4n) is 2.91. The molecule has 10 heteroatoms. The van der Waals surface area contributed by atoms with Crippen LogP contribution in [-0.4, -0.2) is 27.2 Å². The molecule has 0 saturated heterocycles. The number of sulfonamides is 1. The van der Waals surface area contributed by atoms with E-state index in [1.54, 1.807) is 0 Å². The number of hydrogen-bond acceptors (Lipinski definition) is 5. The molecule has 7 nitrogen and oxygen atoms in total. The monoisotopic (exact) mass is 474 g/mol. The highest BCUT2D eigenvalue weighted by atomic mass is 32.2. The number of carbonyl (C=O) groups excluding carboxylic acids is 2. The Kier molecular flexibility index (Phi) is 7.39. The summed E-state index contributed by atoms with van der Waals surface area (Å²) in [5.41, 5.74) is 0.625. The molecule has 0 aliphatic carbocycles. The highest BCUT2D eigenvalue weighted by Gasteiger charge is 2.18. The maximum atomic E-state index is 13.1. The maximum Gasteiger partial charge on any atom is 0.262 e. The molecule has 33 heavy (non-hydrogen) atoms. The zero-order valence-corrected chi connectivity index (χ0v) is 18.3. The van der Waals surface area contributed by atoms with Crippen molar-refractivity contribution in [2.45, 2.75) is 17.7 Å². The minimum Gasteiger partial charge on any atom is -0.495 e. The van der Waals surface area contributed by atoms with Crippen molar-refractivity contribution in [3.8, 4) is 5.75 Å². The fourth-order valence-corrected chi connectivity index (χ4v) is 3.97. The van der Waals surface area contributed by atoms with Gasteiger partial charge in [0, 0.05) is 24.1 Å². The van der Waals surface area contributed by atoms with Crippen LogP contribution in [0.3, 0.4) is 0 Å². The largest absolute Gasteiger partial charge is 0.495 e. The normalized spacial score (nSPS) is 11.0. The molecule has 0 heterocycles. The van der Waals surface area contributed by atoms with Gasteiger partial charge in [0.25, 0.3) is 10.0 Å². The summed E-state index contributed by atoms with van der Waals surface area (Å²) in [5.74, 6) is -1.62. The van der Waals surface area contributed by atoms with Crippen LogP contribution in [-0.2, 0) is 14.8 Å². The molecular weight excluding hydrogens is 454 g/mol. The van der Waals surface area contributed by atoms with Crippen LogP contribution in [0.4, 0.5) is 20.2 Å². The molecule has 0 atom stereocenters. The van der Waals surface area contributed by atoms with E-state index >= 15 is 0 Å². The Bertz CT molecular complexity index is 1260. The highest BCUT2D eigenvalue weighted by molar-refractivity contribution is 7.92. The summed E-state index contributed by atoms with van der Waals surface area (Å²) in [4.78, 5) is 24.3. The van der Waals surface area contributed by atoms with Gasteiger partial charge in [-0.25, -0.2) is 17.2 Å². The molecule has 2 N–H and O–H groups in total. The molecule has 0 aliphatic rings. The van der Waals surface area contributed by atoms with Gasteiger partial charge in [-0.2, -0.15) is 0 Å². The second kappa shape index (κ2) is 10.2. The van der Waals surface area contributed by atoms with Crippen molar-refractivity contribution < 1.29 is 31.5 Å². The molecule has 3 aromatic rings. The lowest BCUT2D eigenvalue weighted by molar-refractivity contribution is -0.116. The lowest BCUT2D eigenvalue weighted by Gasteiger charge is -2.14. The Labute approximate surface area is 189 Å². The molecule has 0 bridgehead atoms. The molecule has 0 saturated carbocycles. The highest BCUT2D eigenvalue weighted by Crippen LogP contribution is 2.30.